The number of unbranched alkanes of at least 4 members (excludes halogenated alkanes) is 2. The monoisotopic (exact) mass is 266 g/mol. The van der Waals surface area contributed by atoms with Crippen molar-refractivity contribution in [2.45, 2.75) is 77.6 Å². The summed E-state index contributed by atoms with van der Waals surface area (Å²) >= 11 is 0. The van der Waals surface area contributed by atoms with Crippen LogP contribution in [0.5, 0.6) is 0 Å². The highest BCUT2D eigenvalue weighted by molar-refractivity contribution is 4.86. The fraction of sp³-hybridized carbons (Fsp3) is 1.00. The van der Waals surface area contributed by atoms with Gasteiger partial charge in [0.2, 0.25) is 0 Å². The average molecular weight is 266 g/mol. The van der Waals surface area contributed by atoms with Gasteiger partial charge in [-0.15, -0.1) is 0 Å². The molecule has 112 valence electrons. The summed E-state index contributed by atoms with van der Waals surface area (Å²) in [7, 11) is 1.84. The van der Waals surface area contributed by atoms with Crippen LogP contribution in [0.1, 0.15) is 77.6 Å². The normalized spacial score (nSPS) is 35.1. The Labute approximate surface area is 120 Å². The SMILES string of the molecule is CCCCCC1CCC2C[C@H](CCOC)CC[C@@H]2C1. The first-order valence-electron chi connectivity index (χ1n) is 8.82. The van der Waals surface area contributed by atoms with Crippen LogP contribution in [-0.2, 0) is 4.74 Å². The fourth-order valence-electron chi connectivity index (χ4n) is 4.58. The van der Waals surface area contributed by atoms with Crippen molar-refractivity contribution in [2.24, 2.45) is 23.7 Å². The quantitative estimate of drug-likeness (QED) is 0.558. The van der Waals surface area contributed by atoms with Crippen molar-refractivity contribution >= 4 is 0 Å². The van der Waals surface area contributed by atoms with E-state index in [9.17, 15) is 0 Å². The van der Waals surface area contributed by atoms with Crippen LogP contribution in [0.15, 0.2) is 0 Å². The molecule has 2 saturated carbocycles. The van der Waals surface area contributed by atoms with E-state index in [2.05, 4.69) is 6.92 Å². The molecule has 2 aliphatic carbocycles. The first kappa shape index (κ1) is 15.4. The van der Waals surface area contributed by atoms with Crippen LogP contribution in [-0.4, -0.2) is 13.7 Å². The van der Waals surface area contributed by atoms with Crippen molar-refractivity contribution in [3.63, 3.8) is 0 Å². The maximum atomic E-state index is 5.25. The first-order valence-corrected chi connectivity index (χ1v) is 8.82. The van der Waals surface area contributed by atoms with Gasteiger partial charge in [-0.2, -0.15) is 0 Å². The van der Waals surface area contributed by atoms with Gasteiger partial charge in [0.1, 0.15) is 0 Å². The summed E-state index contributed by atoms with van der Waals surface area (Å²) in [4.78, 5) is 0. The second-order valence-corrected chi connectivity index (χ2v) is 7.16. The lowest BCUT2D eigenvalue weighted by Crippen LogP contribution is -2.31. The Morgan fingerprint density at radius 3 is 2.05 bits per heavy atom. The number of hydrogen-bond donors (Lipinski definition) is 0. The summed E-state index contributed by atoms with van der Waals surface area (Å²) in [5, 5.41) is 0. The van der Waals surface area contributed by atoms with Gasteiger partial charge in [-0.3, -0.25) is 0 Å². The molecule has 0 radical (unpaired) electrons. The summed E-state index contributed by atoms with van der Waals surface area (Å²) in [5.41, 5.74) is 0. The van der Waals surface area contributed by atoms with E-state index in [1.54, 1.807) is 6.42 Å². The number of rotatable bonds is 7. The molecule has 0 aromatic heterocycles. The molecule has 4 atom stereocenters. The predicted octanol–water partition coefficient (Wildman–Crippen LogP) is 5.44. The highest BCUT2D eigenvalue weighted by Crippen LogP contribution is 2.46. The summed E-state index contributed by atoms with van der Waals surface area (Å²) in [6.45, 7) is 3.29. The van der Waals surface area contributed by atoms with Crippen molar-refractivity contribution in [1.29, 1.82) is 0 Å². The third-order valence-corrected chi connectivity index (χ3v) is 5.78. The zero-order valence-electron chi connectivity index (χ0n) is 13.2. The number of hydrogen-bond acceptors (Lipinski definition) is 1. The van der Waals surface area contributed by atoms with Crippen molar-refractivity contribution in [3.8, 4) is 0 Å². The van der Waals surface area contributed by atoms with E-state index in [1.165, 1.54) is 64.2 Å². The molecular weight excluding hydrogens is 232 g/mol. The van der Waals surface area contributed by atoms with Gasteiger partial charge in [0.15, 0.2) is 0 Å². The van der Waals surface area contributed by atoms with Gasteiger partial charge >= 0.3 is 0 Å². The molecule has 2 fully saturated rings. The fourth-order valence-corrected chi connectivity index (χ4v) is 4.58. The minimum atomic E-state index is 0.970. The Morgan fingerprint density at radius 2 is 1.47 bits per heavy atom. The predicted molar refractivity (Wildman–Crippen MR) is 82.3 cm³/mol. The molecule has 2 rings (SSSR count). The van der Waals surface area contributed by atoms with E-state index in [-0.39, 0.29) is 0 Å². The lowest BCUT2D eigenvalue weighted by molar-refractivity contribution is 0.0780. The van der Waals surface area contributed by atoms with Crippen LogP contribution in [0.2, 0.25) is 0 Å². The molecule has 1 heteroatoms. The van der Waals surface area contributed by atoms with Gasteiger partial charge in [-0.05, 0) is 55.8 Å². The first-order chi connectivity index (χ1) is 9.33. The van der Waals surface area contributed by atoms with Crippen LogP contribution in [0.3, 0.4) is 0 Å². The summed E-state index contributed by atoms with van der Waals surface area (Å²) < 4.78 is 5.25. The molecular formula is C18H34O. The molecule has 0 aliphatic heterocycles. The third kappa shape index (κ3) is 4.77. The van der Waals surface area contributed by atoms with Gasteiger partial charge in [-0.25, -0.2) is 0 Å². The van der Waals surface area contributed by atoms with E-state index < -0.39 is 0 Å². The summed E-state index contributed by atoms with van der Waals surface area (Å²) in [6.07, 6.45) is 16.3. The molecule has 1 nitrogen and oxygen atoms in total. The van der Waals surface area contributed by atoms with Crippen LogP contribution < -0.4 is 0 Å². The molecule has 0 saturated heterocycles. The Kier molecular flexibility index (Phi) is 6.70. The molecule has 0 heterocycles. The molecule has 0 amide bonds. The highest BCUT2D eigenvalue weighted by atomic mass is 16.5. The van der Waals surface area contributed by atoms with E-state index in [0.29, 0.717) is 0 Å². The number of ether oxygens (including phenoxy) is 1. The molecule has 2 aliphatic rings. The van der Waals surface area contributed by atoms with Crippen molar-refractivity contribution in [1.82, 2.24) is 0 Å². The minimum absolute atomic E-state index is 0.970. The van der Waals surface area contributed by atoms with Crippen molar-refractivity contribution in [3.05, 3.63) is 0 Å². The zero-order valence-corrected chi connectivity index (χ0v) is 13.2. The van der Waals surface area contributed by atoms with E-state index in [0.717, 1.165) is 30.3 Å². The second kappa shape index (κ2) is 8.29. The van der Waals surface area contributed by atoms with Gasteiger partial charge in [0.25, 0.3) is 0 Å². The number of fused-ring (bicyclic) bond motifs is 1. The molecule has 0 N–H and O–H groups in total. The van der Waals surface area contributed by atoms with E-state index in [1.807, 2.05) is 7.11 Å². The van der Waals surface area contributed by atoms with E-state index in [4.69, 9.17) is 4.74 Å². The van der Waals surface area contributed by atoms with Crippen LogP contribution >= 0.6 is 0 Å². The number of methoxy groups -OCH3 is 1. The van der Waals surface area contributed by atoms with Gasteiger partial charge in [0.05, 0.1) is 0 Å². The molecule has 0 spiro atoms. The molecule has 0 bridgehead atoms. The van der Waals surface area contributed by atoms with Crippen LogP contribution in [0.4, 0.5) is 0 Å². The largest absolute Gasteiger partial charge is 0.385 e. The molecule has 19 heavy (non-hydrogen) atoms. The maximum Gasteiger partial charge on any atom is 0.0464 e. The van der Waals surface area contributed by atoms with Gasteiger partial charge in [0, 0.05) is 13.7 Å². The van der Waals surface area contributed by atoms with Crippen molar-refractivity contribution in [2.75, 3.05) is 13.7 Å². The zero-order chi connectivity index (χ0) is 13.5. The maximum absolute atomic E-state index is 5.25. The lowest BCUT2D eigenvalue weighted by Gasteiger charge is -2.42. The Balaban J connectivity index is 1.69. The standard InChI is InChI=1S/C18H34O/c1-3-4-5-6-15-7-9-18-14-16(11-12-19-2)8-10-17(18)13-15/h15-18H,3-14H2,1-2H3/t15?,16-,17+,18?/m0/s1. The third-order valence-electron chi connectivity index (χ3n) is 5.78. The smallest absolute Gasteiger partial charge is 0.0464 e. The molecule has 2 unspecified atom stereocenters. The Hall–Kier alpha value is -0.0400. The highest BCUT2D eigenvalue weighted by Gasteiger charge is 2.34. The summed E-state index contributed by atoms with van der Waals surface area (Å²) in [5.74, 6) is 4.19. The summed E-state index contributed by atoms with van der Waals surface area (Å²) in [6, 6.07) is 0. The van der Waals surface area contributed by atoms with Gasteiger partial charge in [-0.1, -0.05) is 45.4 Å². The van der Waals surface area contributed by atoms with E-state index >= 15 is 0 Å². The van der Waals surface area contributed by atoms with Gasteiger partial charge < -0.3 is 4.74 Å². The van der Waals surface area contributed by atoms with Crippen LogP contribution in [0.25, 0.3) is 0 Å². The lowest BCUT2D eigenvalue weighted by atomic mass is 9.64. The minimum Gasteiger partial charge on any atom is -0.385 e. The Morgan fingerprint density at radius 1 is 0.842 bits per heavy atom. The topological polar surface area (TPSA) is 9.23 Å². The van der Waals surface area contributed by atoms with Crippen LogP contribution in [0, 0.1) is 23.7 Å². The molecule has 0 aromatic rings. The Bertz CT molecular complexity index is 238. The second-order valence-electron chi connectivity index (χ2n) is 7.16. The van der Waals surface area contributed by atoms with Crippen molar-refractivity contribution < 1.29 is 4.74 Å². The molecule has 0 aromatic carbocycles. The average Bonchev–Trinajstić information content (AvgIpc) is 2.45.